The fourth-order valence-electron chi connectivity index (χ4n) is 2.43. The van der Waals surface area contributed by atoms with Gasteiger partial charge in [0.15, 0.2) is 6.61 Å². The summed E-state index contributed by atoms with van der Waals surface area (Å²) in [6.07, 6.45) is 2.71. The number of methoxy groups -OCH3 is 2. The minimum atomic E-state index is -0.696. The Morgan fingerprint density at radius 1 is 1.07 bits per heavy atom. The van der Waals surface area contributed by atoms with Gasteiger partial charge in [0.1, 0.15) is 11.5 Å². The van der Waals surface area contributed by atoms with Gasteiger partial charge in [0, 0.05) is 23.3 Å². The van der Waals surface area contributed by atoms with Gasteiger partial charge in [-0.05, 0) is 30.3 Å². The molecule has 0 fully saturated rings. The molecule has 3 aromatic rings. The highest BCUT2D eigenvalue weighted by atomic mass is 16.5. The Kier molecular flexibility index (Phi) is 6.78. The van der Waals surface area contributed by atoms with Crippen molar-refractivity contribution in [3.05, 3.63) is 60.2 Å². The molecule has 30 heavy (non-hydrogen) atoms. The normalized spacial score (nSPS) is 10.6. The predicted octanol–water partition coefficient (Wildman–Crippen LogP) is 2.95. The first-order valence-electron chi connectivity index (χ1n) is 8.84. The molecule has 0 spiro atoms. The maximum absolute atomic E-state index is 11.9. The van der Waals surface area contributed by atoms with Crippen LogP contribution in [0.15, 0.2) is 59.0 Å². The molecule has 0 aliphatic heterocycles. The Morgan fingerprint density at radius 2 is 1.87 bits per heavy atom. The van der Waals surface area contributed by atoms with Crippen LogP contribution < -0.4 is 14.8 Å². The van der Waals surface area contributed by atoms with Crippen LogP contribution in [0.4, 0.5) is 6.01 Å². The molecular weight excluding hydrogens is 390 g/mol. The van der Waals surface area contributed by atoms with E-state index in [9.17, 15) is 9.59 Å². The molecule has 1 heterocycles. The average molecular weight is 409 g/mol. The van der Waals surface area contributed by atoms with Crippen molar-refractivity contribution in [3.63, 3.8) is 0 Å². The van der Waals surface area contributed by atoms with Crippen LogP contribution >= 0.6 is 0 Å². The van der Waals surface area contributed by atoms with Gasteiger partial charge in [-0.1, -0.05) is 23.3 Å². The molecule has 2 aromatic carbocycles. The molecule has 0 saturated carbocycles. The lowest BCUT2D eigenvalue weighted by molar-refractivity contribution is -0.142. The predicted molar refractivity (Wildman–Crippen MR) is 108 cm³/mol. The van der Waals surface area contributed by atoms with Crippen molar-refractivity contribution in [1.29, 1.82) is 0 Å². The SMILES string of the molecule is COc1ccc(C=CC(=O)OCC(=O)Nc2nnc(-c3ccccc3)o2)c(OC)c1. The molecule has 1 aromatic heterocycles. The molecule has 9 nitrogen and oxygen atoms in total. The highest BCUT2D eigenvalue weighted by molar-refractivity contribution is 5.93. The summed E-state index contributed by atoms with van der Waals surface area (Å²) in [4.78, 5) is 23.8. The summed E-state index contributed by atoms with van der Waals surface area (Å²) in [7, 11) is 3.05. The molecule has 0 radical (unpaired) electrons. The fourth-order valence-corrected chi connectivity index (χ4v) is 2.43. The Balaban J connectivity index is 1.51. The average Bonchev–Trinajstić information content (AvgIpc) is 3.25. The number of benzene rings is 2. The lowest BCUT2D eigenvalue weighted by atomic mass is 10.2. The van der Waals surface area contributed by atoms with Gasteiger partial charge in [0.05, 0.1) is 14.2 Å². The quantitative estimate of drug-likeness (QED) is 0.446. The van der Waals surface area contributed by atoms with Crippen LogP contribution in [0.1, 0.15) is 5.56 Å². The second-order valence-electron chi connectivity index (χ2n) is 5.88. The number of amides is 1. The van der Waals surface area contributed by atoms with E-state index in [1.165, 1.54) is 19.3 Å². The number of esters is 1. The van der Waals surface area contributed by atoms with Crippen LogP contribution in [-0.2, 0) is 14.3 Å². The first-order chi connectivity index (χ1) is 14.6. The number of hydrogen-bond acceptors (Lipinski definition) is 8. The van der Waals surface area contributed by atoms with Gasteiger partial charge in [-0.15, -0.1) is 5.10 Å². The molecule has 9 heteroatoms. The smallest absolute Gasteiger partial charge is 0.331 e. The Bertz CT molecular complexity index is 1050. The number of anilines is 1. The Labute approximate surface area is 172 Å². The zero-order valence-electron chi connectivity index (χ0n) is 16.3. The molecule has 0 aliphatic carbocycles. The zero-order chi connectivity index (χ0) is 21.3. The summed E-state index contributed by atoms with van der Waals surface area (Å²) >= 11 is 0. The number of carbonyl (C=O) groups is 2. The molecule has 0 bridgehead atoms. The highest BCUT2D eigenvalue weighted by Crippen LogP contribution is 2.25. The van der Waals surface area contributed by atoms with Crippen molar-refractivity contribution in [2.75, 3.05) is 26.1 Å². The van der Waals surface area contributed by atoms with E-state index < -0.39 is 18.5 Å². The highest BCUT2D eigenvalue weighted by Gasteiger charge is 2.12. The minimum absolute atomic E-state index is 0.0894. The summed E-state index contributed by atoms with van der Waals surface area (Å²) in [5.41, 5.74) is 1.37. The molecule has 1 N–H and O–H groups in total. The van der Waals surface area contributed by atoms with Crippen LogP contribution in [0, 0.1) is 0 Å². The standard InChI is InChI=1S/C21H19N3O6/c1-27-16-10-8-14(17(12-16)28-2)9-11-19(26)29-13-18(25)22-21-24-23-20(30-21)15-6-4-3-5-7-15/h3-12H,13H2,1-2H3,(H,22,24,25). The lowest BCUT2D eigenvalue weighted by Gasteiger charge is -2.07. The Morgan fingerprint density at radius 3 is 2.60 bits per heavy atom. The van der Waals surface area contributed by atoms with Crippen LogP contribution in [0.5, 0.6) is 11.5 Å². The van der Waals surface area contributed by atoms with Crippen molar-refractivity contribution in [2.45, 2.75) is 0 Å². The van der Waals surface area contributed by atoms with E-state index in [-0.39, 0.29) is 11.9 Å². The molecule has 0 saturated heterocycles. The first-order valence-corrected chi connectivity index (χ1v) is 8.84. The van der Waals surface area contributed by atoms with Crippen molar-refractivity contribution < 1.29 is 28.2 Å². The molecule has 0 unspecified atom stereocenters. The van der Waals surface area contributed by atoms with Gasteiger partial charge < -0.3 is 18.6 Å². The van der Waals surface area contributed by atoms with Crippen molar-refractivity contribution in [1.82, 2.24) is 10.2 Å². The molecular formula is C21H19N3O6. The first kappa shape index (κ1) is 20.6. The van der Waals surface area contributed by atoms with Gasteiger partial charge in [0.25, 0.3) is 5.91 Å². The number of carbonyl (C=O) groups excluding carboxylic acids is 2. The van der Waals surface area contributed by atoms with E-state index in [1.54, 1.807) is 37.4 Å². The lowest BCUT2D eigenvalue weighted by Crippen LogP contribution is -2.20. The molecule has 3 rings (SSSR count). The Hall–Kier alpha value is -4.14. The van der Waals surface area contributed by atoms with Crippen molar-refractivity contribution >= 4 is 24.0 Å². The topological polar surface area (TPSA) is 113 Å². The van der Waals surface area contributed by atoms with Crippen LogP contribution in [-0.4, -0.2) is 42.9 Å². The number of nitrogens with zero attached hydrogens (tertiary/aromatic N) is 2. The summed E-state index contributed by atoms with van der Waals surface area (Å²) in [6, 6.07) is 14.2. The number of rotatable bonds is 8. The van der Waals surface area contributed by atoms with E-state index in [1.807, 2.05) is 18.2 Å². The molecule has 0 aliphatic rings. The van der Waals surface area contributed by atoms with E-state index >= 15 is 0 Å². The number of hydrogen-bond donors (Lipinski definition) is 1. The van der Waals surface area contributed by atoms with Gasteiger partial charge >= 0.3 is 12.0 Å². The summed E-state index contributed by atoms with van der Waals surface area (Å²) in [6.45, 7) is -0.508. The third-order valence-corrected chi connectivity index (χ3v) is 3.88. The van der Waals surface area contributed by atoms with E-state index in [4.69, 9.17) is 18.6 Å². The third-order valence-electron chi connectivity index (χ3n) is 3.88. The van der Waals surface area contributed by atoms with E-state index in [0.717, 1.165) is 5.56 Å². The molecule has 0 atom stereocenters. The van der Waals surface area contributed by atoms with Crippen LogP contribution in [0.3, 0.4) is 0 Å². The summed E-state index contributed by atoms with van der Waals surface area (Å²) in [5, 5.41) is 9.97. The third kappa shape index (κ3) is 5.44. The molecule has 154 valence electrons. The fraction of sp³-hybridized carbons (Fsp3) is 0.143. The van der Waals surface area contributed by atoms with Gasteiger partial charge in [-0.25, -0.2) is 4.79 Å². The monoisotopic (exact) mass is 409 g/mol. The maximum Gasteiger partial charge on any atom is 0.331 e. The second kappa shape index (κ2) is 9.87. The van der Waals surface area contributed by atoms with Crippen molar-refractivity contribution in [3.8, 4) is 23.0 Å². The zero-order valence-corrected chi connectivity index (χ0v) is 16.3. The van der Waals surface area contributed by atoms with Gasteiger partial charge in [0.2, 0.25) is 5.89 Å². The van der Waals surface area contributed by atoms with E-state index in [0.29, 0.717) is 17.1 Å². The largest absolute Gasteiger partial charge is 0.497 e. The number of nitrogens with one attached hydrogen (secondary N) is 1. The maximum atomic E-state index is 11.9. The number of aromatic nitrogens is 2. The number of ether oxygens (including phenoxy) is 3. The van der Waals surface area contributed by atoms with Crippen molar-refractivity contribution in [2.24, 2.45) is 0 Å². The summed E-state index contributed by atoms with van der Waals surface area (Å²) < 4.78 is 20.6. The molecule has 1 amide bonds. The van der Waals surface area contributed by atoms with E-state index in [2.05, 4.69) is 15.5 Å². The minimum Gasteiger partial charge on any atom is -0.497 e. The van der Waals surface area contributed by atoms with Crippen LogP contribution in [0.2, 0.25) is 0 Å². The second-order valence-corrected chi connectivity index (χ2v) is 5.88. The van der Waals surface area contributed by atoms with Crippen LogP contribution in [0.25, 0.3) is 17.5 Å². The van der Waals surface area contributed by atoms with Gasteiger partial charge in [-0.2, -0.15) is 0 Å². The van der Waals surface area contributed by atoms with Gasteiger partial charge in [-0.3, -0.25) is 10.1 Å². The summed E-state index contributed by atoms with van der Waals surface area (Å²) in [5.74, 6) is 0.112.